The number of nitrogen functional groups attached to an aromatic ring is 1. The summed E-state index contributed by atoms with van der Waals surface area (Å²) in [6, 6.07) is 15.3. The minimum atomic E-state index is -0.0345. The third-order valence-electron chi connectivity index (χ3n) is 3.24. The molecule has 0 unspecified atom stereocenters. The molecule has 2 aromatic carbocycles. The van der Waals surface area contributed by atoms with Crippen LogP contribution in [0.15, 0.2) is 48.5 Å². The normalized spacial score (nSPS) is 10.1. The van der Waals surface area contributed by atoms with E-state index in [9.17, 15) is 4.79 Å². The smallest absolute Gasteiger partial charge is 0.223 e. The largest absolute Gasteiger partial charge is 0.491 e. The molecular formula is C17H20N2O2. The summed E-state index contributed by atoms with van der Waals surface area (Å²) in [6.45, 7) is 2.88. The highest BCUT2D eigenvalue weighted by molar-refractivity contribution is 5.76. The van der Waals surface area contributed by atoms with Crippen LogP contribution in [0.25, 0.3) is 0 Å². The maximum Gasteiger partial charge on any atom is 0.223 e. The Morgan fingerprint density at radius 3 is 2.62 bits per heavy atom. The van der Waals surface area contributed by atoms with Crippen molar-refractivity contribution >= 4 is 11.6 Å². The predicted octanol–water partition coefficient (Wildman–Crippen LogP) is 2.66. The second-order valence-electron chi connectivity index (χ2n) is 4.84. The summed E-state index contributed by atoms with van der Waals surface area (Å²) in [7, 11) is 0. The van der Waals surface area contributed by atoms with Crippen molar-refractivity contribution < 1.29 is 9.53 Å². The van der Waals surface area contributed by atoms with Crippen LogP contribution in [0.2, 0.25) is 0 Å². The van der Waals surface area contributed by atoms with Crippen molar-refractivity contribution in [3.63, 3.8) is 0 Å². The molecule has 2 rings (SSSR count). The first kappa shape index (κ1) is 14.9. The van der Waals surface area contributed by atoms with Crippen LogP contribution in [0.3, 0.4) is 0 Å². The van der Waals surface area contributed by atoms with Gasteiger partial charge in [-0.15, -0.1) is 0 Å². The average molecular weight is 284 g/mol. The first-order valence-corrected chi connectivity index (χ1v) is 6.95. The number of carbonyl (C=O) groups is 1. The van der Waals surface area contributed by atoms with Gasteiger partial charge in [-0.05, 0) is 30.2 Å². The van der Waals surface area contributed by atoms with Gasteiger partial charge in [-0.3, -0.25) is 4.79 Å². The third kappa shape index (κ3) is 4.53. The van der Waals surface area contributed by atoms with Crippen molar-refractivity contribution in [3.8, 4) is 5.75 Å². The fourth-order valence-corrected chi connectivity index (χ4v) is 1.96. The van der Waals surface area contributed by atoms with Crippen LogP contribution in [-0.4, -0.2) is 12.5 Å². The molecule has 0 heterocycles. The zero-order valence-electron chi connectivity index (χ0n) is 12.1. The van der Waals surface area contributed by atoms with E-state index in [2.05, 4.69) is 5.32 Å². The molecule has 0 radical (unpaired) electrons. The predicted molar refractivity (Wildman–Crippen MR) is 84.0 cm³/mol. The van der Waals surface area contributed by atoms with Crippen LogP contribution in [-0.2, 0) is 11.3 Å². The van der Waals surface area contributed by atoms with Gasteiger partial charge in [0.25, 0.3) is 0 Å². The molecule has 3 N–H and O–H groups in total. The van der Waals surface area contributed by atoms with Crippen molar-refractivity contribution in [2.75, 3.05) is 12.3 Å². The van der Waals surface area contributed by atoms with Gasteiger partial charge in [0, 0.05) is 6.54 Å². The van der Waals surface area contributed by atoms with Gasteiger partial charge < -0.3 is 15.8 Å². The molecule has 1 amide bonds. The second-order valence-corrected chi connectivity index (χ2v) is 4.84. The van der Waals surface area contributed by atoms with E-state index in [4.69, 9.17) is 10.5 Å². The van der Waals surface area contributed by atoms with E-state index < -0.39 is 0 Å². The van der Waals surface area contributed by atoms with Crippen LogP contribution < -0.4 is 15.8 Å². The summed E-state index contributed by atoms with van der Waals surface area (Å²) in [5, 5.41) is 2.89. The maximum atomic E-state index is 11.8. The Balaban J connectivity index is 1.73. The first-order valence-electron chi connectivity index (χ1n) is 6.95. The molecule has 0 fully saturated rings. The summed E-state index contributed by atoms with van der Waals surface area (Å²) in [5.74, 6) is 0.581. The summed E-state index contributed by atoms with van der Waals surface area (Å²) in [6.07, 6.45) is 0.306. The molecule has 0 saturated heterocycles. The molecule has 0 bridgehead atoms. The Kier molecular flexibility index (Phi) is 5.21. The van der Waals surface area contributed by atoms with Gasteiger partial charge in [0.05, 0.1) is 18.7 Å². The van der Waals surface area contributed by atoms with Crippen molar-refractivity contribution in [1.82, 2.24) is 5.32 Å². The fraction of sp³-hybridized carbons (Fsp3) is 0.235. The molecule has 0 aliphatic carbocycles. The minimum absolute atomic E-state index is 0.0345. The highest BCUT2D eigenvalue weighted by atomic mass is 16.5. The molecule has 0 spiro atoms. The summed E-state index contributed by atoms with van der Waals surface area (Å²) in [4.78, 5) is 11.8. The first-order chi connectivity index (χ1) is 10.2. The quantitative estimate of drug-likeness (QED) is 0.802. The van der Waals surface area contributed by atoms with Crippen LogP contribution in [0, 0.1) is 6.92 Å². The lowest BCUT2D eigenvalue weighted by Gasteiger charge is -2.10. The summed E-state index contributed by atoms with van der Waals surface area (Å²) < 4.78 is 5.50. The van der Waals surface area contributed by atoms with E-state index in [-0.39, 0.29) is 5.91 Å². The molecule has 21 heavy (non-hydrogen) atoms. The highest BCUT2D eigenvalue weighted by Crippen LogP contribution is 2.19. The minimum Gasteiger partial charge on any atom is -0.491 e. The monoisotopic (exact) mass is 284 g/mol. The lowest BCUT2D eigenvalue weighted by Crippen LogP contribution is -2.24. The van der Waals surface area contributed by atoms with Crippen molar-refractivity contribution in [2.24, 2.45) is 0 Å². The average Bonchev–Trinajstić information content (AvgIpc) is 2.48. The van der Waals surface area contributed by atoms with Gasteiger partial charge in [0.1, 0.15) is 5.75 Å². The molecule has 0 saturated carbocycles. The van der Waals surface area contributed by atoms with E-state index in [0.717, 1.165) is 5.56 Å². The zero-order chi connectivity index (χ0) is 15.1. The zero-order valence-corrected chi connectivity index (χ0v) is 12.1. The Morgan fingerprint density at radius 1 is 1.14 bits per heavy atom. The van der Waals surface area contributed by atoms with E-state index in [1.165, 1.54) is 5.56 Å². The molecule has 0 atom stereocenters. The van der Waals surface area contributed by atoms with Gasteiger partial charge in [-0.2, -0.15) is 0 Å². The Morgan fingerprint density at radius 2 is 1.86 bits per heavy atom. The van der Waals surface area contributed by atoms with E-state index >= 15 is 0 Å². The van der Waals surface area contributed by atoms with E-state index in [0.29, 0.717) is 31.0 Å². The number of amides is 1. The van der Waals surface area contributed by atoms with Gasteiger partial charge in [0.15, 0.2) is 0 Å². The second kappa shape index (κ2) is 7.33. The molecule has 110 valence electrons. The molecule has 0 aromatic heterocycles. The van der Waals surface area contributed by atoms with E-state index in [1.54, 1.807) is 12.1 Å². The van der Waals surface area contributed by atoms with E-state index in [1.807, 2.05) is 43.3 Å². The number of anilines is 1. The Bertz CT molecular complexity index is 611. The summed E-state index contributed by atoms with van der Waals surface area (Å²) in [5.41, 5.74) is 8.64. The van der Waals surface area contributed by atoms with Crippen LogP contribution in [0.5, 0.6) is 5.75 Å². The third-order valence-corrected chi connectivity index (χ3v) is 3.24. The SMILES string of the molecule is Cc1ccccc1CNC(=O)CCOc1ccccc1N. The number of para-hydroxylation sites is 2. The molecule has 0 aliphatic rings. The van der Waals surface area contributed by atoms with Crippen LogP contribution >= 0.6 is 0 Å². The molecule has 4 nitrogen and oxygen atoms in total. The molecular weight excluding hydrogens is 264 g/mol. The fourth-order valence-electron chi connectivity index (χ4n) is 1.96. The number of nitrogens with two attached hydrogens (primary N) is 1. The standard InChI is InChI=1S/C17H20N2O2/c1-13-6-2-3-7-14(13)12-19-17(20)10-11-21-16-9-5-4-8-15(16)18/h2-9H,10-12,18H2,1H3,(H,19,20). The number of rotatable bonds is 6. The highest BCUT2D eigenvalue weighted by Gasteiger charge is 2.04. The molecule has 0 aliphatic heterocycles. The number of hydrogen-bond donors (Lipinski definition) is 2. The van der Waals surface area contributed by atoms with Crippen molar-refractivity contribution in [1.29, 1.82) is 0 Å². The maximum absolute atomic E-state index is 11.8. The van der Waals surface area contributed by atoms with Gasteiger partial charge in [0.2, 0.25) is 5.91 Å². The lowest BCUT2D eigenvalue weighted by molar-refractivity contribution is -0.121. The topological polar surface area (TPSA) is 64.3 Å². The lowest BCUT2D eigenvalue weighted by atomic mass is 10.1. The van der Waals surface area contributed by atoms with Crippen LogP contribution in [0.1, 0.15) is 17.5 Å². The van der Waals surface area contributed by atoms with Crippen molar-refractivity contribution in [2.45, 2.75) is 19.9 Å². The van der Waals surface area contributed by atoms with Crippen molar-refractivity contribution in [3.05, 3.63) is 59.7 Å². The molecule has 2 aromatic rings. The summed E-state index contributed by atoms with van der Waals surface area (Å²) >= 11 is 0. The number of nitrogens with one attached hydrogen (secondary N) is 1. The number of aryl methyl sites for hydroxylation is 1. The Hall–Kier alpha value is -2.49. The number of hydrogen-bond acceptors (Lipinski definition) is 3. The number of carbonyl (C=O) groups excluding carboxylic acids is 1. The van der Waals surface area contributed by atoms with Crippen LogP contribution in [0.4, 0.5) is 5.69 Å². The Labute approximate surface area is 124 Å². The van der Waals surface area contributed by atoms with Gasteiger partial charge in [-0.1, -0.05) is 36.4 Å². The number of benzene rings is 2. The van der Waals surface area contributed by atoms with Gasteiger partial charge >= 0.3 is 0 Å². The van der Waals surface area contributed by atoms with Gasteiger partial charge in [-0.25, -0.2) is 0 Å². The number of ether oxygens (including phenoxy) is 1. The molecule has 4 heteroatoms.